The van der Waals surface area contributed by atoms with Crippen LogP contribution in [0.2, 0.25) is 0 Å². The number of carbonyl (C=O) groups is 1. The van der Waals surface area contributed by atoms with Gasteiger partial charge >= 0.3 is 5.97 Å². The van der Waals surface area contributed by atoms with Crippen molar-refractivity contribution >= 4 is 11.7 Å². The first-order valence-corrected chi connectivity index (χ1v) is 7.26. The van der Waals surface area contributed by atoms with Crippen LogP contribution in [-0.4, -0.2) is 40.6 Å². The molecule has 0 aromatic heterocycles. The van der Waals surface area contributed by atoms with Crippen molar-refractivity contribution in [1.29, 1.82) is 0 Å². The molecule has 2 rings (SSSR count). The molecule has 1 aromatic carbocycles. The predicted molar refractivity (Wildman–Crippen MR) is 81.1 cm³/mol. The minimum absolute atomic E-state index is 0.472. The average molecular weight is 276 g/mol. The van der Waals surface area contributed by atoms with Gasteiger partial charge in [0.2, 0.25) is 0 Å². The van der Waals surface area contributed by atoms with Crippen molar-refractivity contribution in [3.8, 4) is 0 Å². The Labute approximate surface area is 120 Å². The van der Waals surface area contributed by atoms with E-state index in [0.29, 0.717) is 18.9 Å². The molecule has 20 heavy (non-hydrogen) atoms. The molecule has 0 saturated carbocycles. The lowest BCUT2D eigenvalue weighted by molar-refractivity contribution is -0.144. The van der Waals surface area contributed by atoms with E-state index in [1.165, 1.54) is 0 Å². The molecule has 0 radical (unpaired) electrons. The quantitative estimate of drug-likeness (QED) is 0.888. The highest BCUT2D eigenvalue weighted by Gasteiger charge is 2.42. The number of nitrogens with zero attached hydrogens (tertiary/aromatic N) is 1. The van der Waals surface area contributed by atoms with Crippen molar-refractivity contribution in [3.05, 3.63) is 29.8 Å². The smallest absolute Gasteiger partial charge is 0.329 e. The van der Waals surface area contributed by atoms with E-state index in [1.54, 1.807) is 0 Å². The highest BCUT2D eigenvalue weighted by atomic mass is 16.4. The van der Waals surface area contributed by atoms with Gasteiger partial charge in [-0.3, -0.25) is 0 Å². The van der Waals surface area contributed by atoms with Crippen molar-refractivity contribution < 1.29 is 9.90 Å². The third kappa shape index (κ3) is 2.96. The molecule has 0 aliphatic carbocycles. The van der Waals surface area contributed by atoms with Crippen LogP contribution in [0.3, 0.4) is 0 Å². The second-order valence-electron chi connectivity index (χ2n) is 5.96. The number of hydrogen-bond donors (Lipinski definition) is 2. The lowest BCUT2D eigenvalue weighted by Gasteiger charge is -2.41. The molecule has 1 heterocycles. The topological polar surface area (TPSA) is 52.6 Å². The summed E-state index contributed by atoms with van der Waals surface area (Å²) >= 11 is 0. The number of rotatable bonds is 4. The maximum Gasteiger partial charge on any atom is 0.329 e. The van der Waals surface area contributed by atoms with E-state index in [0.717, 1.165) is 24.3 Å². The Balaban J connectivity index is 2.16. The zero-order chi connectivity index (χ0) is 14.8. The van der Waals surface area contributed by atoms with Crippen molar-refractivity contribution in [3.63, 3.8) is 0 Å². The van der Waals surface area contributed by atoms with E-state index < -0.39 is 11.5 Å². The Bertz CT molecular complexity index is 477. The second-order valence-corrected chi connectivity index (χ2v) is 5.96. The summed E-state index contributed by atoms with van der Waals surface area (Å²) in [6.07, 6.45) is 1.27. The molecule has 2 N–H and O–H groups in total. The molecule has 1 aliphatic heterocycles. The molecule has 4 nitrogen and oxygen atoms in total. The normalized spacial score (nSPS) is 19.0. The average Bonchev–Trinajstić information content (AvgIpc) is 2.42. The van der Waals surface area contributed by atoms with Gasteiger partial charge < -0.3 is 15.3 Å². The number of benzene rings is 1. The lowest BCUT2D eigenvalue weighted by Crippen LogP contribution is -2.55. The SMILES string of the molecule is Cc1ccccc1NC1(C(=O)O)CCN(C(C)C)CC1. The summed E-state index contributed by atoms with van der Waals surface area (Å²) < 4.78 is 0. The number of piperidine rings is 1. The van der Waals surface area contributed by atoms with Crippen LogP contribution < -0.4 is 5.32 Å². The number of likely N-dealkylation sites (tertiary alicyclic amines) is 1. The molecular weight excluding hydrogens is 252 g/mol. The monoisotopic (exact) mass is 276 g/mol. The minimum Gasteiger partial charge on any atom is -0.480 e. The number of hydrogen-bond acceptors (Lipinski definition) is 3. The highest BCUT2D eigenvalue weighted by Crippen LogP contribution is 2.29. The van der Waals surface area contributed by atoms with Crippen molar-refractivity contribution in [2.45, 2.75) is 45.2 Å². The largest absolute Gasteiger partial charge is 0.480 e. The Hall–Kier alpha value is -1.55. The summed E-state index contributed by atoms with van der Waals surface area (Å²) in [6, 6.07) is 8.33. The van der Waals surface area contributed by atoms with Crippen molar-refractivity contribution in [2.24, 2.45) is 0 Å². The third-order valence-electron chi connectivity index (χ3n) is 4.31. The molecule has 1 aliphatic rings. The Morgan fingerprint density at radius 3 is 2.40 bits per heavy atom. The Morgan fingerprint density at radius 2 is 1.90 bits per heavy atom. The highest BCUT2D eigenvalue weighted by molar-refractivity contribution is 5.83. The maximum atomic E-state index is 11.8. The van der Waals surface area contributed by atoms with Gasteiger partial charge in [-0.25, -0.2) is 4.79 Å². The van der Waals surface area contributed by atoms with E-state index in [2.05, 4.69) is 24.1 Å². The Kier molecular flexibility index (Phi) is 4.33. The molecule has 0 bridgehead atoms. The van der Waals surface area contributed by atoms with Gasteiger partial charge in [0.05, 0.1) is 0 Å². The van der Waals surface area contributed by atoms with Gasteiger partial charge in [-0.1, -0.05) is 18.2 Å². The van der Waals surface area contributed by atoms with Crippen LogP contribution in [0.15, 0.2) is 24.3 Å². The second kappa shape index (κ2) is 5.83. The molecule has 1 fully saturated rings. The molecular formula is C16H24N2O2. The van der Waals surface area contributed by atoms with E-state index in [9.17, 15) is 9.90 Å². The molecule has 4 heteroatoms. The zero-order valence-corrected chi connectivity index (χ0v) is 12.5. The standard InChI is InChI=1S/C16H24N2O2/c1-12(2)18-10-8-16(9-11-18,15(19)20)17-14-7-5-4-6-13(14)3/h4-7,12,17H,8-11H2,1-3H3,(H,19,20). The Morgan fingerprint density at radius 1 is 1.30 bits per heavy atom. The predicted octanol–water partition coefficient (Wildman–Crippen LogP) is 2.73. The lowest BCUT2D eigenvalue weighted by atomic mass is 9.86. The first kappa shape index (κ1) is 14.9. The number of carboxylic acid groups (broad SMARTS) is 1. The fourth-order valence-corrected chi connectivity index (χ4v) is 2.79. The van der Waals surface area contributed by atoms with Crippen LogP contribution in [0.5, 0.6) is 0 Å². The number of aryl methyl sites for hydroxylation is 1. The van der Waals surface area contributed by atoms with Crippen LogP contribution in [-0.2, 0) is 4.79 Å². The van der Waals surface area contributed by atoms with Gasteiger partial charge in [0.15, 0.2) is 0 Å². The fraction of sp³-hybridized carbons (Fsp3) is 0.562. The first-order chi connectivity index (χ1) is 9.44. The van der Waals surface area contributed by atoms with Gasteiger partial charge in [0.1, 0.15) is 5.54 Å². The van der Waals surface area contributed by atoms with E-state index in [-0.39, 0.29) is 0 Å². The molecule has 0 atom stereocenters. The summed E-state index contributed by atoms with van der Waals surface area (Å²) in [5.74, 6) is -0.746. The molecule has 1 saturated heterocycles. The summed E-state index contributed by atoms with van der Waals surface area (Å²) in [7, 11) is 0. The van der Waals surface area contributed by atoms with Crippen LogP contribution >= 0.6 is 0 Å². The van der Waals surface area contributed by atoms with Gasteiger partial charge in [-0.05, 0) is 45.2 Å². The molecule has 0 spiro atoms. The van der Waals surface area contributed by atoms with Crippen molar-refractivity contribution in [2.75, 3.05) is 18.4 Å². The van der Waals surface area contributed by atoms with Crippen LogP contribution in [0, 0.1) is 6.92 Å². The summed E-state index contributed by atoms with van der Waals surface area (Å²) in [5, 5.41) is 13.0. The summed E-state index contributed by atoms with van der Waals surface area (Å²) in [5.41, 5.74) is 1.17. The molecule has 0 unspecified atom stereocenters. The number of para-hydroxylation sites is 1. The molecule has 1 aromatic rings. The van der Waals surface area contributed by atoms with Crippen LogP contribution in [0.25, 0.3) is 0 Å². The number of nitrogens with one attached hydrogen (secondary N) is 1. The fourth-order valence-electron chi connectivity index (χ4n) is 2.79. The van der Waals surface area contributed by atoms with E-state index >= 15 is 0 Å². The maximum absolute atomic E-state index is 11.8. The molecule has 0 amide bonds. The number of carboxylic acids is 1. The number of aliphatic carboxylic acids is 1. The van der Waals surface area contributed by atoms with Gasteiger partial charge in [-0.15, -0.1) is 0 Å². The summed E-state index contributed by atoms with van der Waals surface area (Å²) in [6.45, 7) is 7.96. The van der Waals surface area contributed by atoms with Gasteiger partial charge in [0, 0.05) is 24.8 Å². The van der Waals surface area contributed by atoms with Crippen LogP contribution in [0.4, 0.5) is 5.69 Å². The van der Waals surface area contributed by atoms with Gasteiger partial charge in [0.25, 0.3) is 0 Å². The molecule has 110 valence electrons. The number of anilines is 1. The van der Waals surface area contributed by atoms with Crippen molar-refractivity contribution in [1.82, 2.24) is 4.90 Å². The third-order valence-corrected chi connectivity index (χ3v) is 4.31. The first-order valence-electron chi connectivity index (χ1n) is 7.26. The minimum atomic E-state index is -0.836. The van der Waals surface area contributed by atoms with Crippen LogP contribution in [0.1, 0.15) is 32.3 Å². The zero-order valence-electron chi connectivity index (χ0n) is 12.5. The van der Waals surface area contributed by atoms with Gasteiger partial charge in [-0.2, -0.15) is 0 Å². The van der Waals surface area contributed by atoms with E-state index in [1.807, 2.05) is 31.2 Å². The summed E-state index contributed by atoms with van der Waals surface area (Å²) in [4.78, 5) is 14.1. The van der Waals surface area contributed by atoms with E-state index in [4.69, 9.17) is 0 Å².